The van der Waals surface area contributed by atoms with Crippen LogP contribution in [-0.4, -0.2) is 35.6 Å². The van der Waals surface area contributed by atoms with E-state index in [4.69, 9.17) is 5.73 Å². The van der Waals surface area contributed by atoms with Crippen molar-refractivity contribution in [1.82, 2.24) is 4.90 Å². The first-order valence-electron chi connectivity index (χ1n) is 6.17. The molecular weight excluding hydrogens is 228 g/mol. The Morgan fingerprint density at radius 3 is 2.44 bits per heavy atom. The number of hydrogen-bond acceptors (Lipinski definition) is 3. The maximum absolute atomic E-state index is 12.1. The van der Waals surface area contributed by atoms with E-state index in [1.165, 1.54) is 0 Å². The second-order valence-corrected chi connectivity index (χ2v) is 4.79. The van der Waals surface area contributed by atoms with Crippen LogP contribution in [0.5, 0.6) is 0 Å². The van der Waals surface area contributed by atoms with Gasteiger partial charge in [-0.3, -0.25) is 4.79 Å². The predicted molar refractivity (Wildman–Crippen MR) is 72.0 cm³/mol. The summed E-state index contributed by atoms with van der Waals surface area (Å²) in [6, 6.07) is 7.00. The van der Waals surface area contributed by atoms with Gasteiger partial charge in [-0.25, -0.2) is 0 Å². The molecule has 0 heterocycles. The largest absolute Gasteiger partial charge is 0.393 e. The van der Waals surface area contributed by atoms with Gasteiger partial charge in [0.25, 0.3) is 0 Å². The highest BCUT2D eigenvalue weighted by Gasteiger charge is 2.19. The summed E-state index contributed by atoms with van der Waals surface area (Å²) in [5.74, 6) is -0.125. The van der Waals surface area contributed by atoms with Gasteiger partial charge in [0.2, 0.25) is 5.91 Å². The minimum Gasteiger partial charge on any atom is -0.393 e. The van der Waals surface area contributed by atoms with E-state index in [0.29, 0.717) is 13.0 Å². The molecule has 0 aliphatic carbocycles. The van der Waals surface area contributed by atoms with Crippen LogP contribution >= 0.6 is 0 Å². The Morgan fingerprint density at radius 1 is 1.39 bits per heavy atom. The van der Waals surface area contributed by atoms with E-state index in [0.717, 1.165) is 11.1 Å². The molecule has 0 aliphatic heterocycles. The second-order valence-electron chi connectivity index (χ2n) is 4.79. The second kappa shape index (κ2) is 6.52. The van der Waals surface area contributed by atoms with Gasteiger partial charge in [0.1, 0.15) is 6.04 Å². The van der Waals surface area contributed by atoms with Gasteiger partial charge < -0.3 is 15.7 Å². The van der Waals surface area contributed by atoms with Crippen molar-refractivity contribution in [3.05, 3.63) is 35.4 Å². The molecule has 18 heavy (non-hydrogen) atoms. The number of aliphatic hydroxyl groups excluding tert-OH is 1. The van der Waals surface area contributed by atoms with E-state index in [-0.39, 0.29) is 5.91 Å². The van der Waals surface area contributed by atoms with Crippen molar-refractivity contribution in [2.75, 3.05) is 13.6 Å². The van der Waals surface area contributed by atoms with E-state index < -0.39 is 12.1 Å². The van der Waals surface area contributed by atoms with Gasteiger partial charge in [-0.05, 0) is 25.8 Å². The maximum Gasteiger partial charge on any atom is 0.243 e. The number of benzene rings is 1. The Hall–Kier alpha value is -1.39. The molecule has 1 amide bonds. The number of aryl methyl sites for hydroxylation is 1. The Bertz CT molecular complexity index is 387. The third kappa shape index (κ3) is 4.13. The molecule has 0 bridgehead atoms. The van der Waals surface area contributed by atoms with E-state index in [9.17, 15) is 9.90 Å². The zero-order valence-electron chi connectivity index (χ0n) is 11.3. The highest BCUT2D eigenvalue weighted by molar-refractivity contribution is 5.82. The summed E-state index contributed by atoms with van der Waals surface area (Å²) in [6.07, 6.45) is 0.152. The van der Waals surface area contributed by atoms with Gasteiger partial charge in [-0.15, -0.1) is 0 Å². The van der Waals surface area contributed by atoms with Crippen LogP contribution in [0.2, 0.25) is 0 Å². The van der Waals surface area contributed by atoms with Crippen molar-refractivity contribution in [2.45, 2.75) is 32.4 Å². The van der Waals surface area contributed by atoms with Crippen molar-refractivity contribution in [3.63, 3.8) is 0 Å². The molecule has 2 atom stereocenters. The zero-order valence-corrected chi connectivity index (χ0v) is 11.3. The van der Waals surface area contributed by atoms with Crippen LogP contribution in [0.4, 0.5) is 0 Å². The summed E-state index contributed by atoms with van der Waals surface area (Å²) in [4.78, 5) is 13.6. The molecule has 1 rings (SSSR count). The minimum absolute atomic E-state index is 0.125. The average molecular weight is 250 g/mol. The van der Waals surface area contributed by atoms with Crippen molar-refractivity contribution in [1.29, 1.82) is 0 Å². The van der Waals surface area contributed by atoms with E-state index in [1.807, 2.05) is 31.2 Å². The minimum atomic E-state index is -0.635. The lowest BCUT2D eigenvalue weighted by atomic mass is 10.0. The highest BCUT2D eigenvalue weighted by atomic mass is 16.3. The number of carbonyl (C=O) groups is 1. The smallest absolute Gasteiger partial charge is 0.243 e. The lowest BCUT2D eigenvalue weighted by Gasteiger charge is -2.22. The molecule has 3 N–H and O–H groups in total. The quantitative estimate of drug-likeness (QED) is 0.826. The normalized spacial score (nSPS) is 14.1. The molecule has 0 saturated heterocycles. The molecule has 0 radical (unpaired) electrons. The maximum atomic E-state index is 12.1. The average Bonchev–Trinajstić information content (AvgIpc) is 2.35. The Labute approximate surface area is 108 Å². The summed E-state index contributed by atoms with van der Waals surface area (Å²) in [6.45, 7) is 4.21. The summed E-state index contributed by atoms with van der Waals surface area (Å²) in [5, 5.41) is 9.20. The molecule has 4 heteroatoms. The van der Waals surface area contributed by atoms with Gasteiger partial charge in [0, 0.05) is 13.6 Å². The number of hydrogen-bond donors (Lipinski definition) is 2. The van der Waals surface area contributed by atoms with Gasteiger partial charge in [0.15, 0.2) is 0 Å². The number of nitrogens with two attached hydrogens (primary N) is 1. The third-order valence-electron chi connectivity index (χ3n) is 2.96. The SMILES string of the molecule is Cc1ccc(C(N)C(=O)N(C)CCC(C)O)cc1. The molecule has 0 fully saturated rings. The molecular formula is C14H22N2O2. The monoisotopic (exact) mass is 250 g/mol. The van der Waals surface area contributed by atoms with Crippen molar-refractivity contribution < 1.29 is 9.90 Å². The fourth-order valence-corrected chi connectivity index (χ4v) is 1.64. The summed E-state index contributed by atoms with van der Waals surface area (Å²) in [5.41, 5.74) is 7.90. The Balaban J connectivity index is 2.62. The van der Waals surface area contributed by atoms with Crippen molar-refractivity contribution in [3.8, 4) is 0 Å². The number of likely N-dealkylation sites (N-methyl/N-ethyl adjacent to an activating group) is 1. The van der Waals surface area contributed by atoms with Gasteiger partial charge >= 0.3 is 0 Å². The molecule has 100 valence electrons. The van der Waals surface area contributed by atoms with Crippen LogP contribution in [-0.2, 0) is 4.79 Å². The number of carbonyl (C=O) groups excluding carboxylic acids is 1. The number of nitrogens with zero attached hydrogens (tertiary/aromatic N) is 1. The molecule has 1 aromatic rings. The first-order valence-corrected chi connectivity index (χ1v) is 6.17. The third-order valence-corrected chi connectivity index (χ3v) is 2.96. The fraction of sp³-hybridized carbons (Fsp3) is 0.500. The van der Waals surface area contributed by atoms with Crippen molar-refractivity contribution >= 4 is 5.91 Å². The molecule has 4 nitrogen and oxygen atoms in total. The Morgan fingerprint density at radius 2 is 1.94 bits per heavy atom. The van der Waals surface area contributed by atoms with E-state index >= 15 is 0 Å². The lowest BCUT2D eigenvalue weighted by molar-refractivity contribution is -0.131. The van der Waals surface area contributed by atoms with Crippen LogP contribution in [0.3, 0.4) is 0 Å². The molecule has 1 aromatic carbocycles. The van der Waals surface area contributed by atoms with Gasteiger partial charge in [-0.1, -0.05) is 29.8 Å². The van der Waals surface area contributed by atoms with Gasteiger partial charge in [-0.2, -0.15) is 0 Å². The van der Waals surface area contributed by atoms with Crippen LogP contribution in [0.15, 0.2) is 24.3 Å². The molecule has 0 spiro atoms. The van der Waals surface area contributed by atoms with E-state index in [1.54, 1.807) is 18.9 Å². The zero-order chi connectivity index (χ0) is 13.7. The highest BCUT2D eigenvalue weighted by Crippen LogP contribution is 2.14. The molecule has 2 unspecified atom stereocenters. The Kier molecular flexibility index (Phi) is 5.31. The summed E-state index contributed by atoms with van der Waals surface area (Å²) >= 11 is 0. The molecule has 0 aliphatic rings. The van der Waals surface area contributed by atoms with Gasteiger partial charge in [0.05, 0.1) is 6.10 Å². The van der Waals surface area contributed by atoms with Crippen molar-refractivity contribution in [2.24, 2.45) is 5.73 Å². The van der Waals surface area contributed by atoms with Crippen LogP contribution < -0.4 is 5.73 Å². The van der Waals surface area contributed by atoms with Crippen LogP contribution in [0.1, 0.15) is 30.5 Å². The first kappa shape index (κ1) is 14.7. The predicted octanol–water partition coefficient (Wildman–Crippen LogP) is 1.22. The fourth-order valence-electron chi connectivity index (χ4n) is 1.64. The first-order chi connectivity index (χ1) is 8.41. The number of aliphatic hydroxyl groups is 1. The molecule has 0 aromatic heterocycles. The molecule has 0 saturated carbocycles. The summed E-state index contributed by atoms with van der Waals surface area (Å²) in [7, 11) is 1.71. The topological polar surface area (TPSA) is 66.6 Å². The summed E-state index contributed by atoms with van der Waals surface area (Å²) < 4.78 is 0. The standard InChI is InChI=1S/C14H22N2O2/c1-10-4-6-12(7-5-10)13(15)14(18)16(3)9-8-11(2)17/h4-7,11,13,17H,8-9,15H2,1-3H3. The van der Waals surface area contributed by atoms with E-state index in [2.05, 4.69) is 0 Å². The van der Waals surface area contributed by atoms with Crippen LogP contribution in [0.25, 0.3) is 0 Å². The van der Waals surface area contributed by atoms with Crippen LogP contribution in [0, 0.1) is 6.92 Å². The number of amides is 1. The number of rotatable bonds is 5. The lowest BCUT2D eigenvalue weighted by Crippen LogP contribution is -2.37.